The number of fused-ring (bicyclic) bond motifs is 1. The van der Waals surface area contributed by atoms with Crippen LogP contribution in [-0.4, -0.2) is 24.0 Å². The summed E-state index contributed by atoms with van der Waals surface area (Å²) in [6, 6.07) is 6.64. The van der Waals surface area contributed by atoms with E-state index in [-0.39, 0.29) is 11.5 Å². The molecule has 2 unspecified atom stereocenters. The summed E-state index contributed by atoms with van der Waals surface area (Å²) in [6.45, 7) is 1.82. The maximum atomic E-state index is 12.5. The topological polar surface area (TPSA) is 75.6 Å². The number of aromatic hydroxyl groups is 1. The molecule has 1 heterocycles. The predicted molar refractivity (Wildman–Crippen MR) is 84.5 cm³/mol. The van der Waals surface area contributed by atoms with Crippen molar-refractivity contribution < 1.29 is 19.4 Å². The van der Waals surface area contributed by atoms with Crippen LogP contribution in [0.15, 0.2) is 47.3 Å². The first-order valence-electron chi connectivity index (χ1n) is 7.60. The minimum Gasteiger partial charge on any atom is -0.508 e. The molecule has 0 amide bonds. The number of methoxy groups -OCH3 is 1. The van der Waals surface area contributed by atoms with Gasteiger partial charge in [-0.15, -0.1) is 0 Å². The summed E-state index contributed by atoms with van der Waals surface area (Å²) in [5.41, 5.74) is 2.84. The van der Waals surface area contributed by atoms with Crippen LogP contribution in [-0.2, 0) is 14.3 Å². The molecule has 0 saturated carbocycles. The zero-order chi connectivity index (χ0) is 16.6. The number of nitrogens with one attached hydrogen (secondary N) is 1. The lowest BCUT2D eigenvalue weighted by Gasteiger charge is -2.37. The molecule has 0 fully saturated rings. The Morgan fingerprint density at radius 3 is 2.61 bits per heavy atom. The highest BCUT2D eigenvalue weighted by molar-refractivity contribution is 5.96. The van der Waals surface area contributed by atoms with Gasteiger partial charge in [-0.05, 0) is 31.0 Å². The van der Waals surface area contributed by atoms with Crippen molar-refractivity contribution in [3.8, 4) is 5.75 Å². The second-order valence-corrected chi connectivity index (χ2v) is 5.87. The number of allylic oxidation sites excluding steroid dienone is 3. The Bertz CT molecular complexity index is 715. The van der Waals surface area contributed by atoms with E-state index < -0.39 is 17.8 Å². The van der Waals surface area contributed by atoms with E-state index in [9.17, 15) is 14.7 Å². The van der Waals surface area contributed by atoms with Crippen LogP contribution < -0.4 is 5.32 Å². The SMILES string of the molecule is COC(=O)C1=C(C)NC2=CCCC(=O)C2C1c1ccc(O)cc1. The second-order valence-electron chi connectivity index (χ2n) is 5.87. The van der Waals surface area contributed by atoms with Crippen molar-refractivity contribution in [2.75, 3.05) is 7.11 Å². The molecule has 23 heavy (non-hydrogen) atoms. The molecule has 2 aliphatic rings. The van der Waals surface area contributed by atoms with Crippen molar-refractivity contribution in [1.29, 1.82) is 0 Å². The third-order valence-corrected chi connectivity index (χ3v) is 4.47. The fourth-order valence-electron chi connectivity index (χ4n) is 3.43. The highest BCUT2D eigenvalue weighted by Crippen LogP contribution is 2.43. The van der Waals surface area contributed by atoms with Crippen molar-refractivity contribution in [1.82, 2.24) is 5.32 Å². The van der Waals surface area contributed by atoms with Gasteiger partial charge in [0, 0.05) is 23.7 Å². The lowest BCUT2D eigenvalue weighted by Crippen LogP contribution is -2.40. The molecule has 0 bridgehead atoms. The monoisotopic (exact) mass is 313 g/mol. The molecule has 0 spiro atoms. The van der Waals surface area contributed by atoms with Gasteiger partial charge in [-0.3, -0.25) is 4.79 Å². The number of Topliss-reactive ketones (excluding diaryl/α,β-unsaturated/α-hetero) is 1. The number of phenolic OH excluding ortho intramolecular Hbond substituents is 1. The van der Waals surface area contributed by atoms with E-state index in [1.807, 2.05) is 13.0 Å². The molecule has 1 aromatic carbocycles. The number of hydrogen-bond donors (Lipinski definition) is 2. The standard InChI is InChI=1S/C18H19NO4/c1-10-15(18(22)23-2)16(11-6-8-12(20)9-7-11)17-13(19-10)4-3-5-14(17)21/h4,6-9,16-17,19-20H,3,5H2,1-2H3. The van der Waals surface area contributed by atoms with Crippen molar-refractivity contribution in [3.05, 3.63) is 52.9 Å². The zero-order valence-electron chi connectivity index (χ0n) is 13.1. The summed E-state index contributed by atoms with van der Waals surface area (Å²) < 4.78 is 4.93. The van der Waals surface area contributed by atoms with Crippen LogP contribution in [0.3, 0.4) is 0 Å². The molecular formula is C18H19NO4. The van der Waals surface area contributed by atoms with Gasteiger partial charge in [-0.1, -0.05) is 18.2 Å². The van der Waals surface area contributed by atoms with E-state index in [2.05, 4.69) is 5.32 Å². The quantitative estimate of drug-likeness (QED) is 0.820. The van der Waals surface area contributed by atoms with Crippen LogP contribution in [0, 0.1) is 5.92 Å². The van der Waals surface area contributed by atoms with Gasteiger partial charge >= 0.3 is 5.97 Å². The Morgan fingerprint density at radius 2 is 1.96 bits per heavy atom. The fourth-order valence-corrected chi connectivity index (χ4v) is 3.43. The first-order valence-corrected chi connectivity index (χ1v) is 7.60. The van der Waals surface area contributed by atoms with E-state index in [0.717, 1.165) is 11.3 Å². The third kappa shape index (κ3) is 2.63. The van der Waals surface area contributed by atoms with Crippen LogP contribution >= 0.6 is 0 Å². The number of ether oxygens (including phenoxy) is 1. The Labute approximate surface area is 134 Å². The van der Waals surface area contributed by atoms with Crippen molar-refractivity contribution in [2.24, 2.45) is 5.92 Å². The molecule has 1 aliphatic carbocycles. The Kier molecular flexibility index (Phi) is 3.94. The highest BCUT2D eigenvalue weighted by atomic mass is 16.5. The lowest BCUT2D eigenvalue weighted by atomic mass is 9.71. The van der Waals surface area contributed by atoms with Gasteiger partial charge in [-0.2, -0.15) is 0 Å². The van der Waals surface area contributed by atoms with Gasteiger partial charge in [0.15, 0.2) is 0 Å². The Hall–Kier alpha value is -2.56. The number of phenols is 1. The third-order valence-electron chi connectivity index (χ3n) is 4.47. The van der Waals surface area contributed by atoms with Gasteiger partial charge in [0.2, 0.25) is 0 Å². The molecule has 0 radical (unpaired) electrons. The lowest BCUT2D eigenvalue weighted by molar-refractivity contribution is -0.136. The van der Waals surface area contributed by atoms with Crippen LogP contribution in [0.4, 0.5) is 0 Å². The summed E-state index contributed by atoms with van der Waals surface area (Å²) in [5.74, 6) is -0.990. The van der Waals surface area contributed by atoms with Crippen LogP contribution in [0.5, 0.6) is 5.75 Å². The number of carbonyl (C=O) groups is 2. The second kappa shape index (κ2) is 5.91. The van der Waals surface area contributed by atoms with Gasteiger partial charge in [0.05, 0.1) is 18.6 Å². The number of hydrogen-bond acceptors (Lipinski definition) is 5. The number of esters is 1. The van der Waals surface area contributed by atoms with E-state index >= 15 is 0 Å². The Morgan fingerprint density at radius 1 is 1.26 bits per heavy atom. The minimum absolute atomic E-state index is 0.113. The van der Waals surface area contributed by atoms with E-state index in [4.69, 9.17) is 4.74 Å². The molecule has 1 aliphatic heterocycles. The van der Waals surface area contributed by atoms with Gasteiger partial charge in [-0.25, -0.2) is 4.79 Å². The van der Waals surface area contributed by atoms with Gasteiger partial charge in [0.25, 0.3) is 0 Å². The van der Waals surface area contributed by atoms with E-state index in [1.165, 1.54) is 7.11 Å². The smallest absolute Gasteiger partial charge is 0.336 e. The van der Waals surface area contributed by atoms with Crippen LogP contribution in [0.1, 0.15) is 31.2 Å². The van der Waals surface area contributed by atoms with Crippen LogP contribution in [0.25, 0.3) is 0 Å². The average molecular weight is 313 g/mol. The maximum Gasteiger partial charge on any atom is 0.336 e. The normalized spacial score (nSPS) is 23.7. The number of rotatable bonds is 2. The minimum atomic E-state index is -0.439. The van der Waals surface area contributed by atoms with Crippen molar-refractivity contribution in [2.45, 2.75) is 25.7 Å². The molecule has 0 aromatic heterocycles. The maximum absolute atomic E-state index is 12.5. The van der Waals surface area contributed by atoms with Gasteiger partial charge < -0.3 is 15.2 Å². The summed E-state index contributed by atoms with van der Waals surface area (Å²) in [5, 5.41) is 12.7. The molecule has 2 atom stereocenters. The summed E-state index contributed by atoms with van der Waals surface area (Å²) in [6.07, 6.45) is 3.20. The van der Waals surface area contributed by atoms with Gasteiger partial charge in [0.1, 0.15) is 11.5 Å². The fraction of sp³-hybridized carbons (Fsp3) is 0.333. The zero-order valence-corrected chi connectivity index (χ0v) is 13.1. The summed E-state index contributed by atoms with van der Waals surface area (Å²) >= 11 is 0. The van der Waals surface area contributed by atoms with Crippen molar-refractivity contribution in [3.63, 3.8) is 0 Å². The molecule has 120 valence electrons. The molecule has 1 aromatic rings. The Balaban J connectivity index is 2.18. The summed E-state index contributed by atoms with van der Waals surface area (Å²) in [7, 11) is 1.34. The number of ketones is 1. The van der Waals surface area contributed by atoms with E-state index in [0.29, 0.717) is 24.1 Å². The highest BCUT2D eigenvalue weighted by Gasteiger charge is 2.43. The summed E-state index contributed by atoms with van der Waals surface area (Å²) in [4.78, 5) is 24.8. The first-order chi connectivity index (χ1) is 11.0. The van der Waals surface area contributed by atoms with E-state index in [1.54, 1.807) is 24.3 Å². The molecule has 2 N–H and O–H groups in total. The molecule has 0 saturated heterocycles. The largest absolute Gasteiger partial charge is 0.508 e. The molecular weight excluding hydrogens is 294 g/mol. The average Bonchev–Trinajstić information content (AvgIpc) is 2.54. The number of carbonyl (C=O) groups excluding carboxylic acids is 2. The molecule has 5 heteroatoms. The molecule has 3 rings (SSSR count). The van der Waals surface area contributed by atoms with Crippen LogP contribution in [0.2, 0.25) is 0 Å². The van der Waals surface area contributed by atoms with Crippen molar-refractivity contribution >= 4 is 11.8 Å². The first kappa shape index (κ1) is 15.3. The molecule has 5 nitrogen and oxygen atoms in total. The predicted octanol–water partition coefficient (Wildman–Crippen LogP) is 2.39. The number of benzene rings is 1.